The van der Waals surface area contributed by atoms with E-state index >= 15 is 0 Å². The average Bonchev–Trinajstić information content (AvgIpc) is 3.04. The zero-order valence-electron chi connectivity index (χ0n) is 9.89. The number of rotatable bonds is 5. The van der Waals surface area contributed by atoms with Gasteiger partial charge in [-0.25, -0.2) is 9.97 Å². The molecule has 0 saturated heterocycles. The van der Waals surface area contributed by atoms with Crippen LogP contribution in [0.15, 0.2) is 17.8 Å². The maximum absolute atomic E-state index is 4.39. The molecule has 1 N–H and O–H groups in total. The lowest BCUT2D eigenvalue weighted by Crippen LogP contribution is -2.30. The van der Waals surface area contributed by atoms with Crippen molar-refractivity contribution in [2.24, 2.45) is 0 Å². The smallest absolute Gasteiger partial charge is 0.149 e. The summed E-state index contributed by atoms with van der Waals surface area (Å²) in [7, 11) is 2.09. The topological polar surface area (TPSA) is 41.0 Å². The van der Waals surface area contributed by atoms with Gasteiger partial charge in [0.15, 0.2) is 0 Å². The van der Waals surface area contributed by atoms with Crippen LogP contribution in [0, 0.1) is 0 Å². The van der Waals surface area contributed by atoms with Gasteiger partial charge in [-0.05, 0) is 24.3 Å². The van der Waals surface area contributed by atoms with E-state index in [1.54, 1.807) is 17.7 Å². The minimum absolute atomic E-state index is 0.774. The lowest BCUT2D eigenvalue weighted by Gasteiger charge is -2.18. The van der Waals surface area contributed by atoms with E-state index in [2.05, 4.69) is 32.6 Å². The predicted molar refractivity (Wildman–Crippen MR) is 71.7 cm³/mol. The lowest BCUT2D eigenvalue weighted by atomic mass is 10.4. The molecule has 2 aromatic heterocycles. The van der Waals surface area contributed by atoms with E-state index < -0.39 is 0 Å². The molecule has 4 nitrogen and oxygen atoms in total. The molecular formula is C12H16N4S. The molecule has 0 aliphatic heterocycles. The van der Waals surface area contributed by atoms with Crippen molar-refractivity contribution in [1.29, 1.82) is 0 Å². The predicted octanol–water partition coefficient (Wildman–Crippen LogP) is 1.88. The molecule has 1 aliphatic carbocycles. The van der Waals surface area contributed by atoms with Crippen LogP contribution in [0.2, 0.25) is 0 Å². The normalized spacial score (nSPS) is 15.4. The van der Waals surface area contributed by atoms with Crippen molar-refractivity contribution in [3.8, 4) is 0 Å². The van der Waals surface area contributed by atoms with Gasteiger partial charge in [-0.1, -0.05) is 0 Å². The van der Waals surface area contributed by atoms with E-state index in [-0.39, 0.29) is 0 Å². The highest BCUT2D eigenvalue weighted by atomic mass is 32.1. The summed E-state index contributed by atoms with van der Waals surface area (Å²) in [6.07, 6.45) is 4.33. The summed E-state index contributed by atoms with van der Waals surface area (Å²) >= 11 is 1.71. The Bertz CT molecular complexity index is 506. The second-order valence-electron chi connectivity index (χ2n) is 4.48. The van der Waals surface area contributed by atoms with Crippen LogP contribution in [0.4, 0.5) is 5.82 Å². The highest BCUT2D eigenvalue weighted by molar-refractivity contribution is 7.17. The lowest BCUT2D eigenvalue weighted by molar-refractivity contribution is 0.673. The molecule has 0 amide bonds. The fraction of sp³-hybridized carbons (Fsp3) is 0.500. The van der Waals surface area contributed by atoms with Crippen molar-refractivity contribution in [2.75, 3.05) is 25.0 Å². The largest absolute Gasteiger partial charge is 0.357 e. The zero-order valence-corrected chi connectivity index (χ0v) is 10.7. The first-order valence-corrected chi connectivity index (χ1v) is 6.85. The van der Waals surface area contributed by atoms with Crippen LogP contribution in [-0.2, 0) is 0 Å². The highest BCUT2D eigenvalue weighted by Crippen LogP contribution is 2.26. The second kappa shape index (κ2) is 4.58. The minimum atomic E-state index is 0.774. The SMILES string of the molecule is CN(CCNC1CC1)c1ncnc2ccsc12. The van der Waals surface area contributed by atoms with E-state index in [9.17, 15) is 0 Å². The Morgan fingerprint density at radius 2 is 2.35 bits per heavy atom. The first kappa shape index (κ1) is 10.9. The van der Waals surface area contributed by atoms with Gasteiger partial charge in [0.1, 0.15) is 12.1 Å². The number of hydrogen-bond acceptors (Lipinski definition) is 5. The number of nitrogens with zero attached hydrogens (tertiary/aromatic N) is 3. The quantitative estimate of drug-likeness (QED) is 0.877. The van der Waals surface area contributed by atoms with Crippen LogP contribution >= 0.6 is 11.3 Å². The Labute approximate surface area is 105 Å². The van der Waals surface area contributed by atoms with Crippen LogP contribution in [0.1, 0.15) is 12.8 Å². The third-order valence-corrected chi connectivity index (χ3v) is 3.94. The van der Waals surface area contributed by atoms with Crippen LogP contribution < -0.4 is 10.2 Å². The van der Waals surface area contributed by atoms with E-state index in [4.69, 9.17) is 0 Å². The minimum Gasteiger partial charge on any atom is -0.357 e. The number of fused-ring (bicyclic) bond motifs is 1. The monoisotopic (exact) mass is 248 g/mol. The first-order valence-electron chi connectivity index (χ1n) is 5.97. The maximum Gasteiger partial charge on any atom is 0.149 e. The van der Waals surface area contributed by atoms with Crippen LogP contribution in [-0.4, -0.2) is 36.1 Å². The molecular weight excluding hydrogens is 232 g/mol. The molecule has 0 spiro atoms. The van der Waals surface area contributed by atoms with Gasteiger partial charge in [0.05, 0.1) is 10.2 Å². The third kappa shape index (κ3) is 2.40. The summed E-state index contributed by atoms with van der Waals surface area (Å²) in [5.74, 6) is 1.04. The molecule has 5 heteroatoms. The molecule has 2 aromatic rings. The maximum atomic E-state index is 4.39. The molecule has 1 saturated carbocycles. The summed E-state index contributed by atoms with van der Waals surface area (Å²) in [5, 5.41) is 5.59. The molecule has 1 fully saturated rings. The van der Waals surface area contributed by atoms with Crippen LogP contribution in [0.5, 0.6) is 0 Å². The summed E-state index contributed by atoms with van der Waals surface area (Å²) in [6.45, 7) is 2.01. The number of anilines is 1. The van der Waals surface area contributed by atoms with Gasteiger partial charge in [-0.3, -0.25) is 0 Å². The van der Waals surface area contributed by atoms with Gasteiger partial charge < -0.3 is 10.2 Å². The van der Waals surface area contributed by atoms with Crippen LogP contribution in [0.3, 0.4) is 0 Å². The van der Waals surface area contributed by atoms with Crippen molar-refractivity contribution >= 4 is 27.4 Å². The zero-order chi connectivity index (χ0) is 11.7. The van der Waals surface area contributed by atoms with Crippen LogP contribution in [0.25, 0.3) is 10.2 Å². The molecule has 0 radical (unpaired) electrons. The Morgan fingerprint density at radius 1 is 1.47 bits per heavy atom. The summed E-state index contributed by atoms with van der Waals surface area (Å²) < 4.78 is 1.18. The summed E-state index contributed by atoms with van der Waals surface area (Å²) in [6, 6.07) is 2.82. The summed E-state index contributed by atoms with van der Waals surface area (Å²) in [5.41, 5.74) is 1.04. The van der Waals surface area contributed by atoms with Gasteiger partial charge in [0, 0.05) is 26.2 Å². The Morgan fingerprint density at radius 3 is 3.18 bits per heavy atom. The molecule has 17 heavy (non-hydrogen) atoms. The first-order chi connectivity index (χ1) is 8.34. The third-order valence-electron chi connectivity index (χ3n) is 3.04. The number of hydrogen-bond donors (Lipinski definition) is 1. The van der Waals surface area contributed by atoms with E-state index in [0.29, 0.717) is 0 Å². The van der Waals surface area contributed by atoms with E-state index in [0.717, 1.165) is 30.5 Å². The van der Waals surface area contributed by atoms with E-state index in [1.165, 1.54) is 17.5 Å². The highest BCUT2D eigenvalue weighted by Gasteiger charge is 2.20. The number of aromatic nitrogens is 2. The fourth-order valence-corrected chi connectivity index (χ4v) is 2.77. The fourth-order valence-electron chi connectivity index (χ4n) is 1.88. The number of thiophene rings is 1. The molecule has 3 rings (SSSR count). The second-order valence-corrected chi connectivity index (χ2v) is 5.40. The molecule has 0 atom stereocenters. The molecule has 0 unspecified atom stereocenters. The van der Waals surface area contributed by atoms with E-state index in [1.807, 2.05) is 6.07 Å². The van der Waals surface area contributed by atoms with Gasteiger partial charge >= 0.3 is 0 Å². The Balaban J connectivity index is 1.70. The molecule has 90 valence electrons. The van der Waals surface area contributed by atoms with Crippen molar-refractivity contribution in [3.05, 3.63) is 17.8 Å². The number of likely N-dealkylation sites (N-methyl/N-ethyl adjacent to an activating group) is 1. The Kier molecular flexibility index (Phi) is 2.94. The molecule has 0 aromatic carbocycles. The molecule has 2 heterocycles. The van der Waals surface area contributed by atoms with Crippen molar-refractivity contribution in [2.45, 2.75) is 18.9 Å². The number of nitrogens with one attached hydrogen (secondary N) is 1. The molecule has 1 aliphatic rings. The van der Waals surface area contributed by atoms with Gasteiger partial charge in [0.25, 0.3) is 0 Å². The van der Waals surface area contributed by atoms with Crippen molar-refractivity contribution in [3.63, 3.8) is 0 Å². The standard InChI is InChI=1S/C12H16N4S/c1-16(6-5-13-9-2-3-9)12-11-10(4-7-17-11)14-8-15-12/h4,7-9,13H,2-3,5-6H2,1H3. The van der Waals surface area contributed by atoms with Gasteiger partial charge in [0.2, 0.25) is 0 Å². The summed E-state index contributed by atoms with van der Waals surface area (Å²) in [4.78, 5) is 10.9. The Hall–Kier alpha value is -1.20. The van der Waals surface area contributed by atoms with Gasteiger partial charge in [-0.2, -0.15) is 0 Å². The average molecular weight is 248 g/mol. The van der Waals surface area contributed by atoms with Gasteiger partial charge in [-0.15, -0.1) is 11.3 Å². The van der Waals surface area contributed by atoms with Crippen molar-refractivity contribution in [1.82, 2.24) is 15.3 Å². The van der Waals surface area contributed by atoms with Crippen molar-refractivity contribution < 1.29 is 0 Å². The molecule has 0 bridgehead atoms.